The lowest BCUT2D eigenvalue weighted by atomic mass is 9.99. The topological polar surface area (TPSA) is 58.6 Å². The molecule has 0 spiro atoms. The Morgan fingerprint density at radius 1 is 1.14 bits per heavy atom. The van der Waals surface area contributed by atoms with Gasteiger partial charge in [-0.3, -0.25) is 14.5 Å². The van der Waals surface area contributed by atoms with Gasteiger partial charge in [0.1, 0.15) is 6.10 Å². The van der Waals surface area contributed by atoms with Gasteiger partial charge < -0.3 is 10.1 Å². The molecule has 3 unspecified atom stereocenters. The van der Waals surface area contributed by atoms with Gasteiger partial charge in [-0.2, -0.15) is 0 Å². The number of ether oxygens (including phenoxy) is 1. The average Bonchev–Trinajstić information content (AvgIpc) is 3.17. The van der Waals surface area contributed by atoms with Crippen LogP contribution in [0, 0.1) is 0 Å². The van der Waals surface area contributed by atoms with E-state index >= 15 is 0 Å². The summed E-state index contributed by atoms with van der Waals surface area (Å²) in [6, 6.07) is 5.57. The van der Waals surface area contributed by atoms with Crippen LogP contribution in [0.4, 0.5) is 0 Å². The first-order valence-corrected chi connectivity index (χ1v) is 11.2. The van der Waals surface area contributed by atoms with Crippen LogP contribution in [0.3, 0.4) is 0 Å². The number of esters is 1. The SMILES string of the molecule is CC(=O)OC1CCCC(N2CC=CC2)C(NC(=O)c2ccc(CCl)c(CCl)c2)C1. The summed E-state index contributed by atoms with van der Waals surface area (Å²) < 4.78 is 5.51. The van der Waals surface area contributed by atoms with Crippen LogP contribution in [0.1, 0.15) is 54.1 Å². The van der Waals surface area contributed by atoms with Crippen molar-refractivity contribution in [2.75, 3.05) is 13.1 Å². The van der Waals surface area contributed by atoms with Crippen molar-refractivity contribution in [3.63, 3.8) is 0 Å². The molecule has 158 valence electrons. The number of benzene rings is 1. The van der Waals surface area contributed by atoms with E-state index in [9.17, 15) is 9.59 Å². The first kappa shape index (κ1) is 22.1. The molecule has 0 saturated heterocycles. The molecule has 1 aliphatic carbocycles. The van der Waals surface area contributed by atoms with E-state index in [1.54, 1.807) is 6.07 Å². The number of amides is 1. The molecule has 0 radical (unpaired) electrons. The summed E-state index contributed by atoms with van der Waals surface area (Å²) in [6.07, 6.45) is 7.51. The molecular formula is C22H28Cl2N2O3. The van der Waals surface area contributed by atoms with E-state index in [0.29, 0.717) is 23.7 Å². The molecule has 7 heteroatoms. The Kier molecular flexibility index (Phi) is 7.99. The van der Waals surface area contributed by atoms with Gasteiger partial charge in [-0.15, -0.1) is 23.2 Å². The maximum absolute atomic E-state index is 13.1. The molecule has 29 heavy (non-hydrogen) atoms. The monoisotopic (exact) mass is 438 g/mol. The van der Waals surface area contributed by atoms with E-state index in [0.717, 1.165) is 43.5 Å². The Hall–Kier alpha value is -1.56. The molecule has 1 aromatic carbocycles. The minimum atomic E-state index is -0.273. The Morgan fingerprint density at radius 3 is 2.52 bits per heavy atom. The number of carbonyl (C=O) groups excluding carboxylic acids is 2. The fourth-order valence-corrected chi connectivity index (χ4v) is 4.80. The summed E-state index contributed by atoms with van der Waals surface area (Å²) in [6.45, 7) is 3.21. The Balaban J connectivity index is 1.78. The third-order valence-corrected chi connectivity index (χ3v) is 6.30. The average molecular weight is 439 g/mol. The molecule has 1 heterocycles. The number of hydrogen-bond acceptors (Lipinski definition) is 4. The smallest absolute Gasteiger partial charge is 0.302 e. The van der Waals surface area contributed by atoms with Crippen LogP contribution in [0.5, 0.6) is 0 Å². The first-order chi connectivity index (χ1) is 14.0. The molecule has 1 fully saturated rings. The molecular weight excluding hydrogens is 411 g/mol. The highest BCUT2D eigenvalue weighted by atomic mass is 35.5. The van der Waals surface area contributed by atoms with Gasteiger partial charge in [0.25, 0.3) is 5.91 Å². The summed E-state index contributed by atoms with van der Waals surface area (Å²) in [4.78, 5) is 26.9. The molecule has 3 rings (SSSR count). The summed E-state index contributed by atoms with van der Waals surface area (Å²) >= 11 is 12.0. The van der Waals surface area contributed by atoms with Crippen molar-refractivity contribution in [2.24, 2.45) is 0 Å². The minimum absolute atomic E-state index is 0.0959. The summed E-state index contributed by atoms with van der Waals surface area (Å²) in [5.74, 6) is 0.261. The number of hydrogen-bond donors (Lipinski definition) is 1. The van der Waals surface area contributed by atoms with E-state index in [1.807, 2.05) is 12.1 Å². The van der Waals surface area contributed by atoms with Gasteiger partial charge in [0.15, 0.2) is 0 Å². The molecule has 5 nitrogen and oxygen atoms in total. The van der Waals surface area contributed by atoms with E-state index in [4.69, 9.17) is 27.9 Å². The highest BCUT2D eigenvalue weighted by Gasteiger charge is 2.34. The number of nitrogens with one attached hydrogen (secondary N) is 1. The molecule has 1 aliphatic heterocycles. The lowest BCUT2D eigenvalue weighted by Crippen LogP contribution is -2.51. The van der Waals surface area contributed by atoms with Crippen LogP contribution in [0.25, 0.3) is 0 Å². The van der Waals surface area contributed by atoms with E-state index in [2.05, 4.69) is 22.4 Å². The molecule has 1 amide bonds. The third-order valence-electron chi connectivity index (χ3n) is 5.73. The van der Waals surface area contributed by atoms with Crippen molar-refractivity contribution < 1.29 is 14.3 Å². The lowest BCUT2D eigenvalue weighted by Gasteiger charge is -2.34. The fourth-order valence-electron chi connectivity index (χ4n) is 4.29. The van der Waals surface area contributed by atoms with Crippen molar-refractivity contribution in [2.45, 2.75) is 62.6 Å². The van der Waals surface area contributed by atoms with Crippen LogP contribution in [0.15, 0.2) is 30.4 Å². The molecule has 1 N–H and O–H groups in total. The van der Waals surface area contributed by atoms with Gasteiger partial charge >= 0.3 is 5.97 Å². The van der Waals surface area contributed by atoms with Crippen molar-refractivity contribution >= 4 is 35.1 Å². The highest BCUT2D eigenvalue weighted by Crippen LogP contribution is 2.27. The van der Waals surface area contributed by atoms with Gasteiger partial charge in [-0.25, -0.2) is 0 Å². The van der Waals surface area contributed by atoms with Gasteiger partial charge in [0, 0.05) is 55.8 Å². The zero-order valence-corrected chi connectivity index (χ0v) is 18.2. The predicted molar refractivity (Wildman–Crippen MR) is 115 cm³/mol. The van der Waals surface area contributed by atoms with Gasteiger partial charge in [0.05, 0.1) is 0 Å². The lowest BCUT2D eigenvalue weighted by molar-refractivity contribution is -0.147. The largest absolute Gasteiger partial charge is 0.462 e. The number of halogens is 2. The van der Waals surface area contributed by atoms with Crippen LogP contribution in [0.2, 0.25) is 0 Å². The zero-order valence-electron chi connectivity index (χ0n) is 16.7. The van der Waals surface area contributed by atoms with Crippen LogP contribution in [-0.4, -0.2) is 48.1 Å². The van der Waals surface area contributed by atoms with Crippen molar-refractivity contribution in [1.82, 2.24) is 10.2 Å². The van der Waals surface area contributed by atoms with Gasteiger partial charge in [-0.05, 0) is 42.5 Å². The van der Waals surface area contributed by atoms with Crippen molar-refractivity contribution in [3.8, 4) is 0 Å². The van der Waals surface area contributed by atoms with E-state index in [1.165, 1.54) is 6.92 Å². The molecule has 3 atom stereocenters. The predicted octanol–water partition coefficient (Wildman–Crippen LogP) is 4.01. The second-order valence-corrected chi connectivity index (χ2v) is 8.26. The molecule has 2 aliphatic rings. The summed E-state index contributed by atoms with van der Waals surface area (Å²) in [5, 5.41) is 3.22. The second-order valence-electron chi connectivity index (χ2n) is 7.72. The number of nitrogens with zero attached hydrogens (tertiary/aromatic N) is 1. The Morgan fingerprint density at radius 2 is 1.86 bits per heavy atom. The highest BCUT2D eigenvalue weighted by molar-refractivity contribution is 6.18. The van der Waals surface area contributed by atoms with E-state index < -0.39 is 0 Å². The molecule has 1 saturated carbocycles. The third kappa shape index (κ3) is 5.74. The number of rotatable bonds is 6. The summed E-state index contributed by atoms with van der Waals surface area (Å²) in [5.41, 5.74) is 2.37. The number of alkyl halides is 2. The van der Waals surface area contributed by atoms with Gasteiger partial charge in [0.2, 0.25) is 0 Å². The fraction of sp³-hybridized carbons (Fsp3) is 0.545. The molecule has 0 bridgehead atoms. The molecule has 1 aromatic rings. The number of carbonyl (C=O) groups is 2. The van der Waals surface area contributed by atoms with Crippen LogP contribution < -0.4 is 5.32 Å². The van der Waals surface area contributed by atoms with Crippen molar-refractivity contribution in [3.05, 3.63) is 47.0 Å². The Bertz CT molecular complexity index is 760. The van der Waals surface area contributed by atoms with Gasteiger partial charge in [-0.1, -0.05) is 18.2 Å². The van der Waals surface area contributed by atoms with E-state index in [-0.39, 0.29) is 30.1 Å². The Labute approximate surface area is 182 Å². The quantitative estimate of drug-likeness (QED) is 0.315. The minimum Gasteiger partial charge on any atom is -0.462 e. The zero-order chi connectivity index (χ0) is 20.8. The first-order valence-electron chi connectivity index (χ1n) is 10.1. The molecule has 0 aromatic heterocycles. The van der Waals surface area contributed by atoms with Crippen LogP contribution in [-0.2, 0) is 21.3 Å². The summed E-state index contributed by atoms with van der Waals surface area (Å²) in [7, 11) is 0. The normalized spacial score (nSPS) is 24.9. The van der Waals surface area contributed by atoms with Crippen molar-refractivity contribution in [1.29, 1.82) is 0 Å². The second kappa shape index (κ2) is 10.5. The standard InChI is InChI=1S/C22H28Cl2N2O3/c1-15(27)29-19-5-4-6-21(26-9-2-3-10-26)20(12-19)25-22(28)16-7-8-17(13-23)18(11-16)14-24/h2-3,7-8,11,19-21H,4-6,9-10,12-14H2,1H3,(H,25,28). The maximum atomic E-state index is 13.1. The van der Waals surface area contributed by atoms with Crippen LogP contribution >= 0.6 is 23.2 Å². The maximum Gasteiger partial charge on any atom is 0.302 e.